The van der Waals surface area contributed by atoms with Crippen molar-refractivity contribution >= 4 is 40.1 Å². The van der Waals surface area contributed by atoms with Crippen molar-refractivity contribution < 1.29 is 28.7 Å². The first-order chi connectivity index (χ1) is 14.8. The van der Waals surface area contributed by atoms with Gasteiger partial charge >= 0.3 is 11.9 Å². The summed E-state index contributed by atoms with van der Waals surface area (Å²) in [6.45, 7) is 5.82. The van der Waals surface area contributed by atoms with Gasteiger partial charge in [0.05, 0.1) is 12.2 Å². The highest BCUT2D eigenvalue weighted by molar-refractivity contribution is 7.17. The molecule has 2 rings (SSSR count). The highest BCUT2D eigenvalue weighted by atomic mass is 32.1. The van der Waals surface area contributed by atoms with Crippen molar-refractivity contribution in [1.82, 2.24) is 5.32 Å². The van der Waals surface area contributed by atoms with E-state index in [0.29, 0.717) is 29.4 Å². The lowest BCUT2D eigenvalue weighted by Crippen LogP contribution is -2.22. The predicted octanol–water partition coefficient (Wildman–Crippen LogP) is 3.23. The molecule has 0 aliphatic heterocycles. The first-order valence-corrected chi connectivity index (χ1v) is 11.6. The number of hydrogen-bond acceptors (Lipinski definition) is 7. The third kappa shape index (κ3) is 7.97. The highest BCUT2D eigenvalue weighted by Crippen LogP contribution is 2.40. The van der Waals surface area contributed by atoms with Crippen LogP contribution in [0.25, 0.3) is 0 Å². The number of amides is 2. The van der Waals surface area contributed by atoms with Crippen molar-refractivity contribution in [3.05, 3.63) is 16.0 Å². The number of ether oxygens (including phenoxy) is 2. The molecule has 0 aromatic carbocycles. The number of rotatable bonds is 11. The summed E-state index contributed by atoms with van der Waals surface area (Å²) < 4.78 is 10.2. The van der Waals surface area contributed by atoms with Gasteiger partial charge in [-0.25, -0.2) is 4.79 Å². The van der Waals surface area contributed by atoms with Gasteiger partial charge in [-0.1, -0.05) is 13.3 Å². The lowest BCUT2D eigenvalue weighted by molar-refractivity contribution is -0.147. The molecule has 0 spiro atoms. The van der Waals surface area contributed by atoms with Crippen molar-refractivity contribution in [1.29, 1.82) is 0 Å². The first kappa shape index (κ1) is 24.8. The minimum atomic E-state index is -0.476. The minimum absolute atomic E-state index is 0.0716. The molecule has 1 atom stereocenters. The fraction of sp³-hybridized carbons (Fsp3) is 0.636. The van der Waals surface area contributed by atoms with Crippen molar-refractivity contribution in [2.24, 2.45) is 5.92 Å². The quantitative estimate of drug-likeness (QED) is 0.394. The number of thiophene rings is 1. The van der Waals surface area contributed by atoms with Gasteiger partial charge < -0.3 is 20.1 Å². The standard InChI is InChI=1S/C22H32N2O6S/c1-4-29-22(28)20-16-10-9-14(2)12-17(16)31-21(20)24-18(26)13-30-19(27)8-6-5-7-11-23-15(3)25/h14H,4-13H2,1-3H3,(H,23,25)(H,24,26). The second-order valence-corrected chi connectivity index (χ2v) is 8.88. The summed E-state index contributed by atoms with van der Waals surface area (Å²) in [6, 6.07) is 0. The number of esters is 2. The molecule has 9 heteroatoms. The molecule has 1 aliphatic carbocycles. The van der Waals surface area contributed by atoms with Crippen molar-refractivity contribution in [3.8, 4) is 0 Å². The van der Waals surface area contributed by atoms with Crippen molar-refractivity contribution in [3.63, 3.8) is 0 Å². The van der Waals surface area contributed by atoms with Crippen LogP contribution in [0.15, 0.2) is 0 Å². The Morgan fingerprint density at radius 2 is 1.90 bits per heavy atom. The summed E-state index contributed by atoms with van der Waals surface area (Å²) in [5.74, 6) is -0.890. The minimum Gasteiger partial charge on any atom is -0.462 e. The fourth-order valence-corrected chi connectivity index (χ4v) is 4.89. The Bertz CT molecular complexity index is 804. The summed E-state index contributed by atoms with van der Waals surface area (Å²) >= 11 is 1.40. The van der Waals surface area contributed by atoms with Gasteiger partial charge in [-0.2, -0.15) is 0 Å². The number of carbonyl (C=O) groups is 4. The molecule has 31 heavy (non-hydrogen) atoms. The molecular weight excluding hydrogens is 420 g/mol. The molecule has 0 radical (unpaired) electrons. The number of hydrogen-bond donors (Lipinski definition) is 2. The molecule has 1 unspecified atom stereocenters. The average Bonchev–Trinajstić information content (AvgIpc) is 3.05. The fourth-order valence-electron chi connectivity index (χ4n) is 3.47. The summed E-state index contributed by atoms with van der Waals surface area (Å²) in [4.78, 5) is 48.6. The molecule has 172 valence electrons. The van der Waals surface area contributed by atoms with Crippen LogP contribution in [0, 0.1) is 5.92 Å². The molecule has 0 bridgehead atoms. The monoisotopic (exact) mass is 452 g/mol. The van der Waals surface area contributed by atoms with Gasteiger partial charge in [-0.15, -0.1) is 11.3 Å². The molecule has 0 fully saturated rings. The molecule has 2 amide bonds. The van der Waals surface area contributed by atoms with E-state index in [9.17, 15) is 19.2 Å². The summed E-state index contributed by atoms with van der Waals surface area (Å²) in [5, 5.41) is 5.90. The maximum absolute atomic E-state index is 12.5. The maximum atomic E-state index is 12.5. The van der Waals surface area contributed by atoms with Crippen molar-refractivity contribution in [2.75, 3.05) is 25.1 Å². The molecule has 1 aromatic rings. The number of unbranched alkanes of at least 4 members (excludes halogenated alkanes) is 2. The number of fused-ring (bicyclic) bond motifs is 1. The zero-order valence-electron chi connectivity index (χ0n) is 18.5. The van der Waals surface area contributed by atoms with E-state index in [0.717, 1.165) is 42.5 Å². The number of carbonyl (C=O) groups excluding carboxylic acids is 4. The van der Waals surface area contributed by atoms with Crippen LogP contribution < -0.4 is 10.6 Å². The van der Waals surface area contributed by atoms with Crippen LogP contribution >= 0.6 is 11.3 Å². The second-order valence-electron chi connectivity index (χ2n) is 7.78. The van der Waals surface area contributed by atoms with Crippen LogP contribution in [0.4, 0.5) is 5.00 Å². The Morgan fingerprint density at radius 3 is 2.61 bits per heavy atom. The van der Waals surface area contributed by atoms with E-state index < -0.39 is 24.5 Å². The van der Waals surface area contributed by atoms with Crippen LogP contribution in [0.1, 0.15) is 73.7 Å². The topological polar surface area (TPSA) is 111 Å². The van der Waals surface area contributed by atoms with Crippen LogP contribution in [0.5, 0.6) is 0 Å². The van der Waals surface area contributed by atoms with E-state index in [2.05, 4.69) is 17.6 Å². The Balaban J connectivity index is 1.84. The Kier molecular flexibility index (Phi) is 9.97. The van der Waals surface area contributed by atoms with Crippen LogP contribution in [0.2, 0.25) is 0 Å². The third-order valence-corrected chi connectivity index (χ3v) is 6.21. The normalized spacial score (nSPS) is 15.0. The molecule has 1 aliphatic rings. The van der Waals surface area contributed by atoms with E-state index >= 15 is 0 Å². The van der Waals surface area contributed by atoms with Gasteiger partial charge in [-0.05, 0) is 50.5 Å². The molecular formula is C22H32N2O6S. The van der Waals surface area contributed by atoms with Gasteiger partial charge in [0.25, 0.3) is 5.91 Å². The lowest BCUT2D eigenvalue weighted by Gasteiger charge is -2.18. The average molecular weight is 453 g/mol. The van der Waals surface area contributed by atoms with Gasteiger partial charge in [0.15, 0.2) is 6.61 Å². The summed E-state index contributed by atoms with van der Waals surface area (Å²) in [5.41, 5.74) is 1.40. The maximum Gasteiger partial charge on any atom is 0.341 e. The largest absolute Gasteiger partial charge is 0.462 e. The van der Waals surface area contributed by atoms with Crippen LogP contribution in [-0.2, 0) is 36.7 Å². The molecule has 0 saturated carbocycles. The van der Waals surface area contributed by atoms with Gasteiger partial charge in [0, 0.05) is 24.8 Å². The SMILES string of the molecule is CCOC(=O)c1c(NC(=O)COC(=O)CCCCCNC(C)=O)sc2c1CCC(C)C2. The Hall–Kier alpha value is -2.42. The van der Waals surface area contributed by atoms with Crippen LogP contribution in [0.3, 0.4) is 0 Å². The number of nitrogens with one attached hydrogen (secondary N) is 2. The summed E-state index contributed by atoms with van der Waals surface area (Å²) in [7, 11) is 0. The van der Waals surface area contributed by atoms with E-state index in [-0.39, 0.29) is 18.9 Å². The Morgan fingerprint density at radius 1 is 1.13 bits per heavy atom. The van der Waals surface area contributed by atoms with E-state index in [1.807, 2.05) is 0 Å². The molecule has 8 nitrogen and oxygen atoms in total. The Labute approximate surface area is 187 Å². The zero-order chi connectivity index (χ0) is 22.8. The molecule has 1 aromatic heterocycles. The molecule has 0 saturated heterocycles. The third-order valence-electron chi connectivity index (χ3n) is 5.04. The van der Waals surface area contributed by atoms with E-state index in [1.54, 1.807) is 6.92 Å². The number of anilines is 1. The predicted molar refractivity (Wildman–Crippen MR) is 118 cm³/mol. The molecule has 2 N–H and O–H groups in total. The molecule has 1 heterocycles. The lowest BCUT2D eigenvalue weighted by atomic mass is 9.88. The van der Waals surface area contributed by atoms with E-state index in [1.165, 1.54) is 18.3 Å². The smallest absolute Gasteiger partial charge is 0.341 e. The second kappa shape index (κ2) is 12.4. The first-order valence-electron chi connectivity index (χ1n) is 10.8. The zero-order valence-corrected chi connectivity index (χ0v) is 19.3. The van der Waals surface area contributed by atoms with Crippen LogP contribution in [-0.4, -0.2) is 43.5 Å². The highest BCUT2D eigenvalue weighted by Gasteiger charge is 2.29. The van der Waals surface area contributed by atoms with Gasteiger partial charge in [0.2, 0.25) is 5.91 Å². The van der Waals surface area contributed by atoms with Crippen molar-refractivity contribution in [2.45, 2.75) is 65.7 Å². The van der Waals surface area contributed by atoms with E-state index in [4.69, 9.17) is 9.47 Å². The van der Waals surface area contributed by atoms with Gasteiger partial charge in [0.1, 0.15) is 5.00 Å². The van der Waals surface area contributed by atoms with Gasteiger partial charge in [-0.3, -0.25) is 14.4 Å². The summed E-state index contributed by atoms with van der Waals surface area (Å²) in [6.07, 6.45) is 5.06.